The number of nitrogens with two attached hydrogens (primary N) is 1. The Kier molecular flexibility index (Phi) is 3.75. The van der Waals surface area contributed by atoms with Crippen LogP contribution in [0.4, 0.5) is 14.5 Å². The number of nitrogen functional groups attached to an aromatic ring is 1. The molecule has 1 aliphatic rings. The van der Waals surface area contributed by atoms with Gasteiger partial charge in [-0.05, 0) is 30.9 Å². The maximum absolute atomic E-state index is 13.6. The average Bonchev–Trinajstić information content (AvgIpc) is 3.17. The maximum Gasteiger partial charge on any atom is 0.243 e. The van der Waals surface area contributed by atoms with Gasteiger partial charge in [0.15, 0.2) is 5.82 Å². The molecule has 1 atom stereocenters. The summed E-state index contributed by atoms with van der Waals surface area (Å²) < 4.78 is 52.3. The van der Waals surface area contributed by atoms with Crippen molar-refractivity contribution >= 4 is 15.7 Å². The molecule has 0 bridgehead atoms. The number of sulfonamides is 1. The molecular formula is C11H14F2N2O3S. The largest absolute Gasteiger partial charge is 0.394 e. The van der Waals surface area contributed by atoms with Crippen LogP contribution in [0.2, 0.25) is 0 Å². The molecular weight excluding hydrogens is 278 g/mol. The summed E-state index contributed by atoms with van der Waals surface area (Å²) in [4.78, 5) is -0.727. The Hall–Kier alpha value is -1.25. The molecule has 1 unspecified atom stereocenters. The minimum absolute atomic E-state index is 0.0887. The molecule has 0 saturated heterocycles. The SMILES string of the molecule is Nc1c(F)ccc(S(=O)(=O)NCC(O)C2CC2)c1F. The molecule has 2 rings (SSSR count). The van der Waals surface area contributed by atoms with E-state index in [2.05, 4.69) is 4.72 Å². The Morgan fingerprint density at radius 2 is 2.05 bits per heavy atom. The van der Waals surface area contributed by atoms with Gasteiger partial charge in [-0.15, -0.1) is 0 Å². The monoisotopic (exact) mass is 292 g/mol. The first-order valence-corrected chi connectivity index (χ1v) is 7.22. The van der Waals surface area contributed by atoms with Gasteiger partial charge in [0.05, 0.1) is 6.10 Å². The molecule has 1 saturated carbocycles. The molecule has 0 heterocycles. The first-order chi connectivity index (χ1) is 8.83. The molecule has 5 nitrogen and oxygen atoms in total. The van der Waals surface area contributed by atoms with Crippen LogP contribution in [0.25, 0.3) is 0 Å². The smallest absolute Gasteiger partial charge is 0.243 e. The number of aliphatic hydroxyl groups is 1. The summed E-state index contributed by atoms with van der Waals surface area (Å²) in [6, 6.07) is 1.58. The predicted octanol–water partition coefficient (Wildman–Crippen LogP) is 0.596. The van der Waals surface area contributed by atoms with Crippen molar-refractivity contribution in [3.05, 3.63) is 23.8 Å². The van der Waals surface area contributed by atoms with Crippen LogP contribution in [0, 0.1) is 17.6 Å². The molecule has 8 heteroatoms. The number of rotatable bonds is 5. The summed E-state index contributed by atoms with van der Waals surface area (Å²) in [5, 5.41) is 9.56. The van der Waals surface area contributed by atoms with Crippen LogP contribution in [0.15, 0.2) is 17.0 Å². The van der Waals surface area contributed by atoms with E-state index in [0.29, 0.717) is 0 Å². The van der Waals surface area contributed by atoms with E-state index in [1.54, 1.807) is 0 Å². The molecule has 0 aromatic heterocycles. The van der Waals surface area contributed by atoms with Crippen molar-refractivity contribution in [3.63, 3.8) is 0 Å². The van der Waals surface area contributed by atoms with Crippen LogP contribution >= 0.6 is 0 Å². The lowest BCUT2D eigenvalue weighted by molar-refractivity contribution is 0.155. The van der Waals surface area contributed by atoms with Gasteiger partial charge in [-0.1, -0.05) is 0 Å². The number of anilines is 1. The second-order valence-electron chi connectivity index (χ2n) is 4.53. The predicted molar refractivity (Wildman–Crippen MR) is 64.7 cm³/mol. The first kappa shape index (κ1) is 14.2. The highest BCUT2D eigenvalue weighted by Crippen LogP contribution is 2.32. The molecule has 4 N–H and O–H groups in total. The van der Waals surface area contributed by atoms with Gasteiger partial charge in [-0.3, -0.25) is 0 Å². The second kappa shape index (κ2) is 5.03. The third-order valence-electron chi connectivity index (χ3n) is 3.03. The van der Waals surface area contributed by atoms with Crippen molar-refractivity contribution in [2.45, 2.75) is 23.8 Å². The average molecular weight is 292 g/mol. The molecule has 0 aliphatic heterocycles. The minimum atomic E-state index is -4.16. The third-order valence-corrected chi connectivity index (χ3v) is 4.47. The standard InChI is InChI=1S/C11H14F2N2O3S/c12-7-3-4-9(10(13)11(7)14)19(17,18)15-5-8(16)6-1-2-6/h3-4,6,8,15-16H,1-2,5,14H2. The lowest BCUT2D eigenvalue weighted by Gasteiger charge is -2.12. The fourth-order valence-electron chi connectivity index (χ4n) is 1.68. The van der Waals surface area contributed by atoms with E-state index in [0.717, 1.165) is 25.0 Å². The lowest BCUT2D eigenvalue weighted by Crippen LogP contribution is -2.33. The third kappa shape index (κ3) is 3.02. The highest BCUT2D eigenvalue weighted by molar-refractivity contribution is 7.89. The van der Waals surface area contributed by atoms with Gasteiger partial charge in [0.2, 0.25) is 10.0 Å². The summed E-state index contributed by atoms with van der Waals surface area (Å²) in [5.41, 5.74) is 4.26. The number of benzene rings is 1. The van der Waals surface area contributed by atoms with Gasteiger partial charge < -0.3 is 10.8 Å². The van der Waals surface area contributed by atoms with Crippen LogP contribution in [-0.4, -0.2) is 26.2 Å². The summed E-state index contributed by atoms with van der Waals surface area (Å²) in [5.74, 6) is -2.26. The van der Waals surface area contributed by atoms with Crippen molar-refractivity contribution in [1.82, 2.24) is 4.72 Å². The Morgan fingerprint density at radius 3 is 2.63 bits per heavy atom. The fourth-order valence-corrected chi connectivity index (χ4v) is 2.82. The van der Waals surface area contributed by atoms with Crippen molar-refractivity contribution in [2.24, 2.45) is 5.92 Å². The van der Waals surface area contributed by atoms with Crippen LogP contribution < -0.4 is 10.5 Å². The summed E-state index contributed by atoms with van der Waals surface area (Å²) >= 11 is 0. The van der Waals surface area contributed by atoms with Gasteiger partial charge >= 0.3 is 0 Å². The van der Waals surface area contributed by atoms with E-state index in [1.165, 1.54) is 0 Å². The Morgan fingerprint density at radius 1 is 1.42 bits per heavy atom. The molecule has 0 amide bonds. The van der Waals surface area contributed by atoms with E-state index < -0.39 is 38.3 Å². The summed E-state index contributed by atoms with van der Waals surface area (Å²) in [6.45, 7) is -0.205. The number of halogens is 2. The van der Waals surface area contributed by atoms with Gasteiger partial charge in [0.25, 0.3) is 0 Å². The van der Waals surface area contributed by atoms with E-state index >= 15 is 0 Å². The van der Waals surface area contributed by atoms with Gasteiger partial charge in [0.1, 0.15) is 16.4 Å². The zero-order valence-corrected chi connectivity index (χ0v) is 10.8. The van der Waals surface area contributed by atoms with Gasteiger partial charge in [-0.25, -0.2) is 21.9 Å². The summed E-state index contributed by atoms with van der Waals surface area (Å²) in [6.07, 6.45) is 0.900. The zero-order valence-electron chi connectivity index (χ0n) is 9.94. The Bertz CT molecular complexity index is 588. The van der Waals surface area contributed by atoms with E-state index in [-0.39, 0.29) is 12.5 Å². The zero-order chi connectivity index (χ0) is 14.2. The maximum atomic E-state index is 13.6. The molecule has 106 valence electrons. The normalized spacial score (nSPS) is 17.4. The lowest BCUT2D eigenvalue weighted by atomic mass is 10.2. The second-order valence-corrected chi connectivity index (χ2v) is 6.27. The number of nitrogens with one attached hydrogen (secondary N) is 1. The van der Waals surface area contributed by atoms with Crippen molar-refractivity contribution in [1.29, 1.82) is 0 Å². The highest BCUT2D eigenvalue weighted by Gasteiger charge is 2.31. The van der Waals surface area contributed by atoms with E-state index in [9.17, 15) is 22.3 Å². The van der Waals surface area contributed by atoms with Crippen molar-refractivity contribution < 1.29 is 22.3 Å². The first-order valence-electron chi connectivity index (χ1n) is 5.74. The Labute approximate surface area is 109 Å². The van der Waals surface area contributed by atoms with Crippen molar-refractivity contribution in [3.8, 4) is 0 Å². The fraction of sp³-hybridized carbons (Fsp3) is 0.455. The van der Waals surface area contributed by atoms with Gasteiger partial charge in [0, 0.05) is 6.54 Å². The van der Waals surface area contributed by atoms with Gasteiger partial charge in [-0.2, -0.15) is 0 Å². The number of aliphatic hydroxyl groups excluding tert-OH is 1. The van der Waals surface area contributed by atoms with Crippen LogP contribution in [0.3, 0.4) is 0 Å². The quantitative estimate of drug-likeness (QED) is 0.693. The van der Waals surface area contributed by atoms with Crippen LogP contribution in [0.5, 0.6) is 0 Å². The molecule has 1 fully saturated rings. The number of hydrogen-bond donors (Lipinski definition) is 3. The van der Waals surface area contributed by atoms with E-state index in [1.807, 2.05) is 0 Å². The molecule has 0 spiro atoms. The van der Waals surface area contributed by atoms with Crippen LogP contribution in [0.1, 0.15) is 12.8 Å². The van der Waals surface area contributed by atoms with E-state index in [4.69, 9.17) is 5.73 Å². The Balaban J connectivity index is 2.17. The van der Waals surface area contributed by atoms with Crippen LogP contribution in [-0.2, 0) is 10.0 Å². The minimum Gasteiger partial charge on any atom is -0.394 e. The molecule has 19 heavy (non-hydrogen) atoms. The topological polar surface area (TPSA) is 92.4 Å². The number of hydrogen-bond acceptors (Lipinski definition) is 4. The van der Waals surface area contributed by atoms with Crippen molar-refractivity contribution in [2.75, 3.05) is 12.3 Å². The highest BCUT2D eigenvalue weighted by atomic mass is 32.2. The summed E-state index contributed by atoms with van der Waals surface area (Å²) in [7, 11) is -4.16. The molecule has 0 radical (unpaired) electrons. The molecule has 1 aromatic rings. The molecule has 1 aliphatic carbocycles. The molecule has 1 aromatic carbocycles.